The predicted octanol–water partition coefficient (Wildman–Crippen LogP) is 2.82. The average Bonchev–Trinajstić information content (AvgIpc) is 3.54. The molecule has 0 aromatic carbocycles. The number of aromatic nitrogens is 5. The summed E-state index contributed by atoms with van der Waals surface area (Å²) in [5.41, 5.74) is 11.3. The quantitative estimate of drug-likeness (QED) is 0.507. The summed E-state index contributed by atoms with van der Waals surface area (Å²) in [6, 6.07) is 9.57. The van der Waals surface area contributed by atoms with E-state index in [9.17, 15) is 4.79 Å². The highest BCUT2D eigenvalue weighted by Crippen LogP contribution is 2.31. The van der Waals surface area contributed by atoms with Gasteiger partial charge in [0.1, 0.15) is 11.4 Å². The van der Waals surface area contributed by atoms with E-state index < -0.39 is 0 Å². The van der Waals surface area contributed by atoms with Gasteiger partial charge >= 0.3 is 0 Å². The summed E-state index contributed by atoms with van der Waals surface area (Å²) in [7, 11) is 0. The van der Waals surface area contributed by atoms with E-state index in [1.807, 2.05) is 48.4 Å². The number of hydrogen-bond donors (Lipinski definition) is 1. The molecular formula is C24H23N7O2. The maximum Gasteiger partial charge on any atom is 0.256 e. The third-order valence-corrected chi connectivity index (χ3v) is 6.10. The Morgan fingerprint density at radius 3 is 2.91 bits per heavy atom. The second-order valence-corrected chi connectivity index (χ2v) is 8.55. The minimum Gasteiger partial charge on any atom is -0.488 e. The molecule has 9 nitrogen and oxygen atoms in total. The molecule has 1 fully saturated rings. The van der Waals surface area contributed by atoms with Crippen LogP contribution in [0.3, 0.4) is 0 Å². The van der Waals surface area contributed by atoms with Crippen molar-refractivity contribution in [2.24, 2.45) is 0 Å². The van der Waals surface area contributed by atoms with Crippen LogP contribution in [0.4, 0.5) is 5.95 Å². The number of fused-ring (bicyclic) bond motifs is 2. The van der Waals surface area contributed by atoms with Crippen molar-refractivity contribution in [3.8, 4) is 16.9 Å². The van der Waals surface area contributed by atoms with Crippen molar-refractivity contribution in [2.45, 2.75) is 38.8 Å². The summed E-state index contributed by atoms with van der Waals surface area (Å²) in [6.45, 7) is 2.97. The molecule has 4 aromatic heterocycles. The number of hydrogen-bond acceptors (Lipinski definition) is 7. The molecule has 6 rings (SSSR count). The van der Waals surface area contributed by atoms with Crippen LogP contribution in [0, 0.1) is 6.92 Å². The largest absolute Gasteiger partial charge is 0.488 e. The Labute approximate surface area is 190 Å². The molecule has 1 amide bonds. The number of ether oxygens (including phenoxy) is 1. The molecule has 0 radical (unpaired) electrons. The molecule has 0 atom stereocenters. The molecule has 1 aliphatic heterocycles. The molecule has 2 N–H and O–H groups in total. The van der Waals surface area contributed by atoms with Gasteiger partial charge in [0.2, 0.25) is 5.95 Å². The van der Waals surface area contributed by atoms with Crippen LogP contribution in [-0.4, -0.2) is 48.0 Å². The van der Waals surface area contributed by atoms with Gasteiger partial charge in [-0.1, -0.05) is 0 Å². The Morgan fingerprint density at radius 2 is 2.06 bits per heavy atom. The number of carbonyl (C=O) groups is 1. The molecular weight excluding hydrogens is 418 g/mol. The molecule has 166 valence electrons. The standard InChI is InChI=1S/C24H23N7O2/c1-14-17(15-6-10-31-22(11-15)28-24(25)29-31)12-18-19(27-14)7-9-30(23(18)32)13-20-21(3-2-8-26-20)33-16-4-5-16/h2-3,6,8,10-12,16H,4-5,7,9,13H2,1H3,(H2,25,29). The van der Waals surface area contributed by atoms with Crippen molar-refractivity contribution >= 4 is 17.5 Å². The minimum absolute atomic E-state index is 0.0409. The Hall–Kier alpha value is -4.01. The zero-order valence-corrected chi connectivity index (χ0v) is 18.2. The van der Waals surface area contributed by atoms with Gasteiger partial charge in [0.25, 0.3) is 5.91 Å². The van der Waals surface area contributed by atoms with Crippen molar-refractivity contribution < 1.29 is 9.53 Å². The number of amides is 1. The first-order valence-corrected chi connectivity index (χ1v) is 11.1. The number of anilines is 1. The third-order valence-electron chi connectivity index (χ3n) is 6.10. The fourth-order valence-electron chi connectivity index (χ4n) is 4.25. The summed E-state index contributed by atoms with van der Waals surface area (Å²) in [5.74, 6) is 0.945. The van der Waals surface area contributed by atoms with E-state index in [4.69, 9.17) is 15.5 Å². The predicted molar refractivity (Wildman–Crippen MR) is 122 cm³/mol. The van der Waals surface area contributed by atoms with E-state index in [0.29, 0.717) is 30.7 Å². The van der Waals surface area contributed by atoms with Crippen molar-refractivity contribution in [1.29, 1.82) is 0 Å². The number of nitrogen functional groups attached to an aromatic ring is 1. The number of rotatable bonds is 5. The lowest BCUT2D eigenvalue weighted by atomic mass is 9.97. The molecule has 5 heterocycles. The number of pyridine rings is 3. The molecule has 1 aliphatic carbocycles. The van der Waals surface area contributed by atoms with Gasteiger partial charge in [-0.15, -0.1) is 5.10 Å². The molecule has 4 aromatic rings. The first-order chi connectivity index (χ1) is 16.0. The number of aryl methyl sites for hydroxylation is 1. The van der Waals surface area contributed by atoms with Crippen molar-refractivity contribution in [3.63, 3.8) is 0 Å². The monoisotopic (exact) mass is 441 g/mol. The Balaban J connectivity index is 1.32. The van der Waals surface area contributed by atoms with Crippen LogP contribution in [0.15, 0.2) is 42.7 Å². The second-order valence-electron chi connectivity index (χ2n) is 8.55. The molecule has 9 heteroatoms. The minimum atomic E-state index is -0.0409. The average molecular weight is 441 g/mol. The number of carbonyl (C=O) groups excluding carboxylic acids is 1. The van der Waals surface area contributed by atoms with Gasteiger partial charge in [0.15, 0.2) is 5.65 Å². The summed E-state index contributed by atoms with van der Waals surface area (Å²) in [4.78, 5) is 28.8. The Kier molecular flexibility index (Phi) is 4.49. The summed E-state index contributed by atoms with van der Waals surface area (Å²) >= 11 is 0. The zero-order chi connectivity index (χ0) is 22.5. The highest BCUT2D eigenvalue weighted by atomic mass is 16.5. The van der Waals surface area contributed by atoms with Crippen molar-refractivity contribution in [1.82, 2.24) is 29.5 Å². The summed E-state index contributed by atoms with van der Waals surface area (Å²) in [5, 5.41) is 4.12. The first-order valence-electron chi connectivity index (χ1n) is 11.1. The van der Waals surface area contributed by atoms with E-state index in [0.717, 1.165) is 46.8 Å². The smallest absolute Gasteiger partial charge is 0.256 e. The van der Waals surface area contributed by atoms with Gasteiger partial charge in [0, 0.05) is 36.6 Å². The van der Waals surface area contributed by atoms with E-state index >= 15 is 0 Å². The number of nitrogens with two attached hydrogens (primary N) is 1. The summed E-state index contributed by atoms with van der Waals surface area (Å²) < 4.78 is 7.62. The fraction of sp³-hybridized carbons (Fsp3) is 0.292. The van der Waals surface area contributed by atoms with Crippen LogP contribution in [0.2, 0.25) is 0 Å². The van der Waals surface area contributed by atoms with Gasteiger partial charge in [0.05, 0.1) is 23.9 Å². The van der Waals surface area contributed by atoms with Crippen LogP contribution in [0.1, 0.15) is 40.3 Å². The first kappa shape index (κ1) is 19.7. The number of nitrogens with zero attached hydrogens (tertiary/aromatic N) is 6. The van der Waals surface area contributed by atoms with Crippen LogP contribution >= 0.6 is 0 Å². The van der Waals surface area contributed by atoms with Crippen LogP contribution in [0.5, 0.6) is 5.75 Å². The third kappa shape index (κ3) is 3.65. The fourth-order valence-corrected chi connectivity index (χ4v) is 4.25. The Morgan fingerprint density at radius 1 is 1.18 bits per heavy atom. The molecule has 33 heavy (non-hydrogen) atoms. The molecule has 0 unspecified atom stereocenters. The summed E-state index contributed by atoms with van der Waals surface area (Å²) in [6.07, 6.45) is 6.68. The normalized spacial score (nSPS) is 15.7. The van der Waals surface area contributed by atoms with Crippen LogP contribution in [-0.2, 0) is 13.0 Å². The lowest BCUT2D eigenvalue weighted by Gasteiger charge is -2.29. The molecule has 2 aliphatic rings. The van der Waals surface area contributed by atoms with Gasteiger partial charge in [-0.2, -0.15) is 4.98 Å². The topological polar surface area (TPSA) is 112 Å². The van der Waals surface area contributed by atoms with Crippen molar-refractivity contribution in [3.05, 3.63) is 65.4 Å². The van der Waals surface area contributed by atoms with Crippen LogP contribution in [0.25, 0.3) is 16.8 Å². The Bertz CT molecular complexity index is 1390. The van der Waals surface area contributed by atoms with E-state index in [1.54, 1.807) is 10.7 Å². The van der Waals surface area contributed by atoms with Crippen LogP contribution < -0.4 is 10.5 Å². The lowest BCUT2D eigenvalue weighted by Crippen LogP contribution is -2.38. The zero-order valence-electron chi connectivity index (χ0n) is 18.2. The van der Waals surface area contributed by atoms with Gasteiger partial charge in [-0.3, -0.25) is 14.8 Å². The van der Waals surface area contributed by atoms with E-state index in [-0.39, 0.29) is 18.0 Å². The van der Waals surface area contributed by atoms with Crippen molar-refractivity contribution in [2.75, 3.05) is 12.3 Å². The molecule has 0 saturated heterocycles. The highest BCUT2D eigenvalue weighted by Gasteiger charge is 2.29. The van der Waals surface area contributed by atoms with Gasteiger partial charge in [-0.05, 0) is 55.7 Å². The molecule has 0 bridgehead atoms. The van der Waals surface area contributed by atoms with Gasteiger partial charge in [-0.25, -0.2) is 4.52 Å². The SMILES string of the molecule is Cc1nc2c(cc1-c1ccn3nc(N)nc3c1)C(=O)N(Cc1ncccc1OC1CC1)CC2. The molecule has 0 spiro atoms. The van der Waals surface area contributed by atoms with Gasteiger partial charge < -0.3 is 15.4 Å². The molecule has 1 saturated carbocycles. The maximum absolute atomic E-state index is 13.5. The van der Waals surface area contributed by atoms with E-state index in [2.05, 4.69) is 15.1 Å². The van der Waals surface area contributed by atoms with E-state index in [1.165, 1.54) is 0 Å². The highest BCUT2D eigenvalue weighted by molar-refractivity contribution is 5.97. The lowest BCUT2D eigenvalue weighted by molar-refractivity contribution is 0.0721. The maximum atomic E-state index is 13.5. The second kappa shape index (κ2) is 7.54.